The standard InChI is InChI=1S/C17H26N6O/c1-2-3-6-12-7-8-13(24-12)23-11-19-14-15(22-9-4-5-10-22)20-17(18)21-16(14)23/h11-13H,2-10H2,1H3,(H2,18,20,21). The molecular formula is C17H26N6O. The van der Waals surface area contributed by atoms with Crippen LogP contribution in [-0.4, -0.2) is 38.7 Å². The molecule has 0 radical (unpaired) electrons. The van der Waals surface area contributed by atoms with E-state index in [1.54, 1.807) is 0 Å². The molecule has 4 heterocycles. The normalized spacial score (nSPS) is 24.3. The molecule has 2 saturated heterocycles. The summed E-state index contributed by atoms with van der Waals surface area (Å²) >= 11 is 0. The summed E-state index contributed by atoms with van der Waals surface area (Å²) in [6.07, 6.45) is 10.3. The first-order valence-electron chi connectivity index (χ1n) is 9.16. The first-order chi connectivity index (χ1) is 11.8. The minimum Gasteiger partial charge on any atom is -0.368 e. The van der Waals surface area contributed by atoms with Crippen LogP contribution in [0.1, 0.15) is 58.1 Å². The predicted molar refractivity (Wildman–Crippen MR) is 93.9 cm³/mol. The minimum atomic E-state index is 0.0117. The highest BCUT2D eigenvalue weighted by Gasteiger charge is 2.29. The van der Waals surface area contributed by atoms with Crippen molar-refractivity contribution in [3.05, 3.63) is 6.33 Å². The minimum absolute atomic E-state index is 0.0117. The van der Waals surface area contributed by atoms with E-state index < -0.39 is 0 Å². The van der Waals surface area contributed by atoms with Gasteiger partial charge >= 0.3 is 0 Å². The molecule has 2 aliphatic rings. The fourth-order valence-electron chi connectivity index (χ4n) is 3.81. The van der Waals surface area contributed by atoms with E-state index in [0.29, 0.717) is 12.1 Å². The Labute approximate surface area is 142 Å². The highest BCUT2D eigenvalue weighted by molar-refractivity contribution is 5.85. The van der Waals surface area contributed by atoms with Gasteiger partial charge in [-0.2, -0.15) is 9.97 Å². The lowest BCUT2D eigenvalue weighted by molar-refractivity contribution is -0.000142. The Morgan fingerprint density at radius 3 is 2.88 bits per heavy atom. The quantitative estimate of drug-likeness (QED) is 0.908. The Balaban J connectivity index is 1.63. The first-order valence-corrected chi connectivity index (χ1v) is 9.16. The van der Waals surface area contributed by atoms with E-state index in [-0.39, 0.29) is 6.23 Å². The van der Waals surface area contributed by atoms with Crippen molar-refractivity contribution in [2.24, 2.45) is 0 Å². The van der Waals surface area contributed by atoms with Crippen molar-refractivity contribution >= 4 is 22.9 Å². The van der Waals surface area contributed by atoms with E-state index in [1.807, 2.05) is 10.9 Å². The summed E-state index contributed by atoms with van der Waals surface area (Å²) in [5.74, 6) is 1.18. The second-order valence-electron chi connectivity index (χ2n) is 6.86. The van der Waals surface area contributed by atoms with Gasteiger partial charge in [-0.3, -0.25) is 4.57 Å². The Hall–Kier alpha value is -1.89. The molecule has 24 heavy (non-hydrogen) atoms. The van der Waals surface area contributed by atoms with Crippen molar-refractivity contribution in [3.8, 4) is 0 Å². The molecule has 0 saturated carbocycles. The van der Waals surface area contributed by atoms with E-state index in [9.17, 15) is 0 Å². The van der Waals surface area contributed by atoms with E-state index in [0.717, 1.165) is 49.3 Å². The van der Waals surface area contributed by atoms with Gasteiger partial charge in [-0.15, -0.1) is 0 Å². The Kier molecular flexibility index (Phi) is 4.26. The average Bonchev–Trinajstić information content (AvgIpc) is 3.31. The average molecular weight is 330 g/mol. The second-order valence-corrected chi connectivity index (χ2v) is 6.86. The van der Waals surface area contributed by atoms with Crippen molar-refractivity contribution in [1.82, 2.24) is 19.5 Å². The highest BCUT2D eigenvalue weighted by Crippen LogP contribution is 2.34. The molecule has 2 unspecified atom stereocenters. The number of anilines is 2. The molecular weight excluding hydrogens is 304 g/mol. The number of ether oxygens (including phenoxy) is 1. The van der Waals surface area contributed by atoms with Gasteiger partial charge in [-0.25, -0.2) is 4.98 Å². The zero-order valence-corrected chi connectivity index (χ0v) is 14.3. The van der Waals surface area contributed by atoms with E-state index >= 15 is 0 Å². The number of rotatable bonds is 5. The third-order valence-corrected chi connectivity index (χ3v) is 5.10. The maximum absolute atomic E-state index is 6.23. The molecule has 7 nitrogen and oxygen atoms in total. The van der Waals surface area contributed by atoms with Crippen molar-refractivity contribution in [1.29, 1.82) is 0 Å². The lowest BCUT2D eigenvalue weighted by Crippen LogP contribution is -2.20. The Morgan fingerprint density at radius 1 is 1.25 bits per heavy atom. The van der Waals surface area contributed by atoms with Gasteiger partial charge < -0.3 is 15.4 Å². The van der Waals surface area contributed by atoms with Gasteiger partial charge in [0.05, 0.1) is 12.4 Å². The van der Waals surface area contributed by atoms with Gasteiger partial charge in [0.25, 0.3) is 0 Å². The van der Waals surface area contributed by atoms with Gasteiger partial charge in [0.1, 0.15) is 6.23 Å². The number of hydrogen-bond acceptors (Lipinski definition) is 6. The molecule has 0 spiro atoms. The molecule has 2 atom stereocenters. The van der Waals surface area contributed by atoms with Crippen LogP contribution in [0.25, 0.3) is 11.2 Å². The number of hydrogen-bond donors (Lipinski definition) is 1. The van der Waals surface area contributed by atoms with Crippen LogP contribution in [0.5, 0.6) is 0 Å². The maximum atomic E-state index is 6.23. The summed E-state index contributed by atoms with van der Waals surface area (Å²) in [5, 5.41) is 0. The van der Waals surface area contributed by atoms with Crippen LogP contribution in [0.2, 0.25) is 0 Å². The molecule has 2 N–H and O–H groups in total. The van der Waals surface area contributed by atoms with Crippen LogP contribution < -0.4 is 10.6 Å². The molecule has 130 valence electrons. The summed E-state index contributed by atoms with van der Waals surface area (Å²) in [7, 11) is 0. The number of fused-ring (bicyclic) bond motifs is 1. The SMILES string of the molecule is CCCCC1CCC(n2cnc3c(N4CCCC4)nc(N)nc32)O1. The molecule has 7 heteroatoms. The molecule has 2 aromatic heterocycles. The highest BCUT2D eigenvalue weighted by atomic mass is 16.5. The van der Waals surface area contributed by atoms with E-state index in [4.69, 9.17) is 10.5 Å². The lowest BCUT2D eigenvalue weighted by Gasteiger charge is -2.18. The summed E-state index contributed by atoms with van der Waals surface area (Å²) in [6, 6.07) is 0. The van der Waals surface area contributed by atoms with Gasteiger partial charge in [0, 0.05) is 13.1 Å². The molecule has 0 aliphatic carbocycles. The van der Waals surface area contributed by atoms with E-state index in [1.165, 1.54) is 25.7 Å². The molecule has 0 aromatic carbocycles. The Bertz CT molecular complexity index is 708. The third kappa shape index (κ3) is 2.81. The number of imidazole rings is 1. The van der Waals surface area contributed by atoms with Gasteiger partial charge in [0.15, 0.2) is 17.0 Å². The fraction of sp³-hybridized carbons (Fsp3) is 0.706. The second kappa shape index (κ2) is 6.55. The van der Waals surface area contributed by atoms with Crippen molar-refractivity contribution in [2.45, 2.75) is 64.2 Å². The molecule has 0 bridgehead atoms. The zero-order chi connectivity index (χ0) is 16.5. The zero-order valence-electron chi connectivity index (χ0n) is 14.3. The maximum Gasteiger partial charge on any atom is 0.224 e. The van der Waals surface area contributed by atoms with Crippen LogP contribution in [-0.2, 0) is 4.74 Å². The van der Waals surface area contributed by atoms with Crippen molar-refractivity contribution in [3.63, 3.8) is 0 Å². The van der Waals surface area contributed by atoms with Crippen LogP contribution >= 0.6 is 0 Å². The summed E-state index contributed by atoms with van der Waals surface area (Å²) in [6.45, 7) is 4.24. The Morgan fingerprint density at radius 2 is 2.08 bits per heavy atom. The molecule has 0 amide bonds. The van der Waals surface area contributed by atoms with Gasteiger partial charge in [-0.05, 0) is 32.1 Å². The molecule has 2 fully saturated rings. The topological polar surface area (TPSA) is 82.1 Å². The number of unbranched alkanes of at least 4 members (excludes halogenated alkanes) is 1. The molecule has 2 aliphatic heterocycles. The number of nitrogens with two attached hydrogens (primary N) is 1. The number of nitrogen functional groups attached to an aromatic ring is 1. The first kappa shape index (κ1) is 15.6. The third-order valence-electron chi connectivity index (χ3n) is 5.10. The fourth-order valence-corrected chi connectivity index (χ4v) is 3.81. The smallest absolute Gasteiger partial charge is 0.224 e. The summed E-state index contributed by atoms with van der Waals surface area (Å²) < 4.78 is 8.27. The lowest BCUT2D eigenvalue weighted by atomic mass is 10.1. The van der Waals surface area contributed by atoms with Gasteiger partial charge in [-0.1, -0.05) is 19.8 Å². The van der Waals surface area contributed by atoms with Crippen LogP contribution in [0, 0.1) is 0 Å². The van der Waals surface area contributed by atoms with Crippen molar-refractivity contribution < 1.29 is 4.74 Å². The number of nitrogens with zero attached hydrogens (tertiary/aromatic N) is 5. The van der Waals surface area contributed by atoms with Crippen molar-refractivity contribution in [2.75, 3.05) is 23.7 Å². The largest absolute Gasteiger partial charge is 0.368 e. The molecule has 2 aromatic rings. The number of aromatic nitrogens is 4. The molecule has 4 rings (SSSR count). The van der Waals surface area contributed by atoms with Crippen LogP contribution in [0.15, 0.2) is 6.33 Å². The summed E-state index contributed by atoms with van der Waals surface area (Å²) in [5.41, 5.74) is 7.62. The van der Waals surface area contributed by atoms with Gasteiger partial charge in [0.2, 0.25) is 5.95 Å². The van der Waals surface area contributed by atoms with Crippen LogP contribution in [0.3, 0.4) is 0 Å². The summed E-state index contributed by atoms with van der Waals surface area (Å²) in [4.78, 5) is 15.8. The van der Waals surface area contributed by atoms with E-state index in [2.05, 4.69) is 26.8 Å². The monoisotopic (exact) mass is 330 g/mol. The predicted octanol–water partition coefficient (Wildman–Crippen LogP) is 2.88. The van der Waals surface area contributed by atoms with Crippen LogP contribution in [0.4, 0.5) is 11.8 Å².